The standard InChI is InChI=1S/C3H3BrO2S/c4-3-1-2-7(3,5)6/h1H,2H2. The molecular weight excluding hydrogens is 180 g/mol. The van der Waals surface area contributed by atoms with Gasteiger partial charge in [0, 0.05) is 0 Å². The van der Waals surface area contributed by atoms with E-state index in [4.69, 9.17) is 0 Å². The number of halogens is 1. The van der Waals surface area contributed by atoms with Crippen molar-refractivity contribution in [3.8, 4) is 0 Å². The van der Waals surface area contributed by atoms with Gasteiger partial charge in [0.1, 0.15) is 3.81 Å². The predicted octanol–water partition coefficient (Wildman–Crippen LogP) is 0.651. The van der Waals surface area contributed by atoms with Gasteiger partial charge >= 0.3 is 0 Å². The van der Waals surface area contributed by atoms with E-state index in [0.29, 0.717) is 3.81 Å². The van der Waals surface area contributed by atoms with Crippen LogP contribution in [0.3, 0.4) is 0 Å². The molecule has 1 aliphatic heterocycles. The molecule has 0 saturated heterocycles. The highest BCUT2D eigenvalue weighted by molar-refractivity contribution is 9.13. The molecule has 0 aromatic heterocycles. The smallest absolute Gasteiger partial charge is 0.188 e. The molecule has 0 atom stereocenters. The van der Waals surface area contributed by atoms with Gasteiger partial charge in [-0.05, 0) is 22.0 Å². The van der Waals surface area contributed by atoms with Crippen LogP contribution in [0.25, 0.3) is 0 Å². The molecule has 0 unspecified atom stereocenters. The number of rotatable bonds is 0. The summed E-state index contributed by atoms with van der Waals surface area (Å²) in [5, 5.41) is 0. The summed E-state index contributed by atoms with van der Waals surface area (Å²) in [5.41, 5.74) is 0. The van der Waals surface area contributed by atoms with Crippen LogP contribution in [0.4, 0.5) is 0 Å². The average Bonchev–Trinajstić information content (AvgIpc) is 1.63. The van der Waals surface area contributed by atoms with Crippen molar-refractivity contribution in [2.75, 3.05) is 5.75 Å². The molecule has 1 rings (SSSR count). The largest absolute Gasteiger partial charge is 0.223 e. The van der Waals surface area contributed by atoms with Gasteiger partial charge in [-0.15, -0.1) is 0 Å². The SMILES string of the molecule is O=S1(=O)CC=C1Br. The monoisotopic (exact) mass is 182 g/mol. The lowest BCUT2D eigenvalue weighted by Crippen LogP contribution is -2.12. The Morgan fingerprint density at radius 1 is 1.71 bits per heavy atom. The number of hydrogen-bond donors (Lipinski definition) is 0. The molecular formula is C3H3BrO2S. The third-order valence-corrected chi connectivity index (χ3v) is 3.93. The fourth-order valence-corrected chi connectivity index (χ4v) is 1.64. The van der Waals surface area contributed by atoms with E-state index in [0.717, 1.165) is 0 Å². The van der Waals surface area contributed by atoms with E-state index < -0.39 is 9.84 Å². The minimum absolute atomic E-state index is 0.202. The highest BCUT2D eigenvalue weighted by Gasteiger charge is 2.21. The van der Waals surface area contributed by atoms with Crippen molar-refractivity contribution in [2.24, 2.45) is 0 Å². The van der Waals surface area contributed by atoms with Crippen LogP contribution in [-0.4, -0.2) is 14.2 Å². The Bertz CT molecular complexity index is 201. The summed E-state index contributed by atoms with van der Waals surface area (Å²) < 4.78 is 20.9. The summed E-state index contributed by atoms with van der Waals surface area (Å²) in [6.45, 7) is 0. The van der Waals surface area contributed by atoms with E-state index in [2.05, 4.69) is 15.9 Å². The highest BCUT2D eigenvalue weighted by atomic mass is 79.9. The minimum Gasteiger partial charge on any atom is -0.223 e. The molecule has 0 aromatic rings. The van der Waals surface area contributed by atoms with E-state index in [9.17, 15) is 8.42 Å². The molecule has 7 heavy (non-hydrogen) atoms. The Morgan fingerprint density at radius 3 is 2.14 bits per heavy atom. The molecule has 0 aliphatic carbocycles. The summed E-state index contributed by atoms with van der Waals surface area (Å²) in [6, 6.07) is 0. The van der Waals surface area contributed by atoms with E-state index in [1.165, 1.54) is 0 Å². The first-order valence-corrected chi connectivity index (χ1v) is 4.16. The zero-order chi connectivity index (χ0) is 5.49. The van der Waals surface area contributed by atoms with Gasteiger partial charge in [-0.1, -0.05) is 0 Å². The van der Waals surface area contributed by atoms with E-state index in [1.807, 2.05) is 0 Å². The Balaban J connectivity index is 3.13. The van der Waals surface area contributed by atoms with Crippen LogP contribution in [0.1, 0.15) is 0 Å². The Morgan fingerprint density at radius 2 is 2.14 bits per heavy atom. The second kappa shape index (κ2) is 1.32. The van der Waals surface area contributed by atoms with Gasteiger partial charge in [0.05, 0.1) is 5.75 Å². The fraction of sp³-hybridized carbons (Fsp3) is 0.333. The molecule has 4 heteroatoms. The molecule has 40 valence electrons. The molecule has 0 fully saturated rings. The van der Waals surface area contributed by atoms with Crippen LogP contribution in [0.2, 0.25) is 0 Å². The van der Waals surface area contributed by atoms with Gasteiger partial charge in [0.25, 0.3) is 0 Å². The van der Waals surface area contributed by atoms with Crippen molar-refractivity contribution < 1.29 is 8.42 Å². The molecule has 1 aliphatic rings. The maximum atomic E-state index is 10.3. The number of hydrogen-bond acceptors (Lipinski definition) is 2. The maximum absolute atomic E-state index is 10.3. The van der Waals surface area contributed by atoms with Crippen molar-refractivity contribution in [3.05, 3.63) is 9.89 Å². The summed E-state index contributed by atoms with van der Waals surface area (Å²) in [4.78, 5) is 0. The van der Waals surface area contributed by atoms with Crippen LogP contribution in [-0.2, 0) is 9.84 Å². The van der Waals surface area contributed by atoms with E-state index in [1.54, 1.807) is 6.08 Å². The van der Waals surface area contributed by atoms with Crippen molar-refractivity contribution in [2.45, 2.75) is 0 Å². The second-order valence-corrected chi connectivity index (χ2v) is 4.67. The first-order valence-electron chi connectivity index (χ1n) is 1.71. The van der Waals surface area contributed by atoms with Gasteiger partial charge in [-0.2, -0.15) is 0 Å². The Labute approximate surface area is 50.3 Å². The summed E-state index contributed by atoms with van der Waals surface area (Å²) in [7, 11) is -2.78. The molecule has 0 aromatic carbocycles. The van der Waals surface area contributed by atoms with Crippen LogP contribution < -0.4 is 0 Å². The molecule has 1 heterocycles. The van der Waals surface area contributed by atoms with Crippen LogP contribution >= 0.6 is 15.9 Å². The molecule has 0 amide bonds. The van der Waals surface area contributed by atoms with Crippen molar-refractivity contribution in [3.63, 3.8) is 0 Å². The van der Waals surface area contributed by atoms with Crippen molar-refractivity contribution in [1.29, 1.82) is 0 Å². The van der Waals surface area contributed by atoms with Gasteiger partial charge in [0.15, 0.2) is 9.84 Å². The highest BCUT2D eigenvalue weighted by Crippen LogP contribution is 2.23. The topological polar surface area (TPSA) is 34.1 Å². The zero-order valence-corrected chi connectivity index (χ0v) is 5.79. The quantitative estimate of drug-likeness (QED) is 0.552. The normalized spacial score (nSPS) is 25.6. The van der Waals surface area contributed by atoms with Gasteiger partial charge < -0.3 is 0 Å². The van der Waals surface area contributed by atoms with Crippen LogP contribution in [0.15, 0.2) is 9.89 Å². The van der Waals surface area contributed by atoms with E-state index >= 15 is 0 Å². The third-order valence-electron chi connectivity index (χ3n) is 0.760. The lowest BCUT2D eigenvalue weighted by Gasteiger charge is -2.06. The Kier molecular flexibility index (Phi) is 1.00. The third kappa shape index (κ3) is 0.724. The molecule has 0 bridgehead atoms. The molecule has 0 saturated carbocycles. The summed E-state index contributed by atoms with van der Waals surface area (Å²) in [5.74, 6) is 0.202. The average molecular weight is 183 g/mol. The predicted molar refractivity (Wildman–Crippen MR) is 30.8 cm³/mol. The van der Waals surface area contributed by atoms with Crippen molar-refractivity contribution >= 4 is 25.8 Å². The molecule has 0 spiro atoms. The fourth-order valence-electron chi connectivity index (χ4n) is 0.282. The van der Waals surface area contributed by atoms with Gasteiger partial charge in [0.2, 0.25) is 0 Å². The first-order chi connectivity index (χ1) is 3.13. The molecule has 2 nitrogen and oxygen atoms in total. The minimum atomic E-state index is -2.78. The van der Waals surface area contributed by atoms with Gasteiger partial charge in [-0.25, -0.2) is 8.42 Å². The molecule has 0 radical (unpaired) electrons. The summed E-state index contributed by atoms with van der Waals surface area (Å²) in [6.07, 6.45) is 1.62. The van der Waals surface area contributed by atoms with E-state index in [-0.39, 0.29) is 5.75 Å². The lowest BCUT2D eigenvalue weighted by molar-refractivity contribution is 0.604. The van der Waals surface area contributed by atoms with Crippen LogP contribution in [0, 0.1) is 0 Å². The zero-order valence-electron chi connectivity index (χ0n) is 3.39. The van der Waals surface area contributed by atoms with Crippen LogP contribution in [0.5, 0.6) is 0 Å². The Hall–Kier alpha value is 0.170. The number of sulfone groups is 1. The lowest BCUT2D eigenvalue weighted by atomic mass is 10.7. The summed E-state index contributed by atoms with van der Waals surface area (Å²) >= 11 is 2.85. The van der Waals surface area contributed by atoms with Gasteiger partial charge in [-0.3, -0.25) is 0 Å². The first kappa shape index (κ1) is 5.31. The molecule has 0 N–H and O–H groups in total. The second-order valence-electron chi connectivity index (χ2n) is 1.29. The maximum Gasteiger partial charge on any atom is 0.188 e. The van der Waals surface area contributed by atoms with Crippen molar-refractivity contribution in [1.82, 2.24) is 0 Å².